The van der Waals surface area contributed by atoms with Crippen LogP contribution < -0.4 is 5.32 Å². The van der Waals surface area contributed by atoms with Crippen LogP contribution in [0.3, 0.4) is 0 Å². The van der Waals surface area contributed by atoms with E-state index >= 15 is 0 Å². The van der Waals surface area contributed by atoms with Gasteiger partial charge < -0.3 is 5.32 Å². The van der Waals surface area contributed by atoms with Gasteiger partial charge in [-0.3, -0.25) is 0 Å². The van der Waals surface area contributed by atoms with Crippen molar-refractivity contribution < 1.29 is 17.6 Å². The molecule has 1 aliphatic heterocycles. The third-order valence-corrected chi connectivity index (χ3v) is 3.10. The monoisotopic (exact) mass is 247 g/mol. The number of hydrogen-bond donors (Lipinski definition) is 1. The number of benzene rings is 1. The quantitative estimate of drug-likeness (QED) is 0.751. The fraction of sp³-hybridized carbons (Fsp3) is 0.500. The summed E-state index contributed by atoms with van der Waals surface area (Å²) in [6.45, 7) is 0.986. The van der Waals surface area contributed by atoms with Crippen LogP contribution in [0.15, 0.2) is 24.3 Å². The maximum Gasteiger partial charge on any atom is 0.416 e. The van der Waals surface area contributed by atoms with Gasteiger partial charge in [-0.2, -0.15) is 13.2 Å². The van der Waals surface area contributed by atoms with E-state index in [-0.39, 0.29) is 18.4 Å². The summed E-state index contributed by atoms with van der Waals surface area (Å²) in [6, 6.07) is 4.58. The van der Waals surface area contributed by atoms with Crippen LogP contribution in [0.25, 0.3) is 0 Å². The molecule has 1 aromatic rings. The summed E-state index contributed by atoms with van der Waals surface area (Å²) in [4.78, 5) is 0. The van der Waals surface area contributed by atoms with E-state index in [1.54, 1.807) is 0 Å². The van der Waals surface area contributed by atoms with Gasteiger partial charge in [0.1, 0.15) is 5.67 Å². The highest BCUT2D eigenvalue weighted by Gasteiger charge is 2.36. The Bertz CT molecular complexity index is 394. The molecule has 1 N–H and O–H groups in total. The third kappa shape index (κ3) is 2.60. The van der Waals surface area contributed by atoms with Gasteiger partial charge in [0.2, 0.25) is 0 Å². The Morgan fingerprint density at radius 2 is 1.76 bits per heavy atom. The summed E-state index contributed by atoms with van der Waals surface area (Å²) >= 11 is 0. The second-order valence-electron chi connectivity index (χ2n) is 4.29. The van der Waals surface area contributed by atoms with Crippen molar-refractivity contribution in [2.75, 3.05) is 13.1 Å². The molecule has 0 aromatic heterocycles. The van der Waals surface area contributed by atoms with Crippen LogP contribution in [0.1, 0.15) is 24.0 Å². The minimum absolute atomic E-state index is 0.133. The van der Waals surface area contributed by atoms with Crippen molar-refractivity contribution in [1.29, 1.82) is 0 Å². The molecule has 0 spiro atoms. The summed E-state index contributed by atoms with van der Waals surface area (Å²) in [5.41, 5.74) is -2.29. The molecule has 0 unspecified atom stereocenters. The highest BCUT2D eigenvalue weighted by atomic mass is 19.4. The van der Waals surface area contributed by atoms with Gasteiger partial charge in [0.15, 0.2) is 0 Å². The Balaban J connectivity index is 2.32. The van der Waals surface area contributed by atoms with E-state index in [0.717, 1.165) is 12.1 Å². The summed E-state index contributed by atoms with van der Waals surface area (Å²) in [5, 5.41) is 2.99. The van der Waals surface area contributed by atoms with Gasteiger partial charge in [-0.25, -0.2) is 4.39 Å². The van der Waals surface area contributed by atoms with Gasteiger partial charge >= 0.3 is 6.18 Å². The number of nitrogens with one attached hydrogen (secondary N) is 1. The average Bonchev–Trinajstić information content (AvgIpc) is 2.29. The zero-order chi connectivity index (χ0) is 12.5. The Kier molecular flexibility index (Phi) is 3.12. The van der Waals surface area contributed by atoms with Crippen molar-refractivity contribution in [2.24, 2.45) is 0 Å². The molecular formula is C12H13F4N. The fourth-order valence-corrected chi connectivity index (χ4v) is 2.09. The Morgan fingerprint density at radius 3 is 2.35 bits per heavy atom. The predicted molar refractivity (Wildman–Crippen MR) is 56.3 cm³/mol. The van der Waals surface area contributed by atoms with Gasteiger partial charge in [0, 0.05) is 0 Å². The minimum Gasteiger partial charge on any atom is -0.316 e. The Morgan fingerprint density at radius 1 is 1.12 bits per heavy atom. The zero-order valence-corrected chi connectivity index (χ0v) is 9.15. The first-order valence-corrected chi connectivity index (χ1v) is 5.49. The molecule has 1 fully saturated rings. The summed E-state index contributed by atoms with van der Waals surface area (Å²) in [5.74, 6) is 0. The van der Waals surface area contributed by atoms with Crippen molar-refractivity contribution in [3.05, 3.63) is 35.4 Å². The lowest BCUT2D eigenvalue weighted by molar-refractivity contribution is -0.137. The molecule has 1 aliphatic rings. The molecule has 0 radical (unpaired) electrons. The van der Waals surface area contributed by atoms with Crippen LogP contribution >= 0.6 is 0 Å². The number of rotatable bonds is 1. The molecule has 0 atom stereocenters. The highest BCUT2D eigenvalue weighted by molar-refractivity contribution is 5.30. The number of halogens is 4. The SMILES string of the molecule is FC(F)(F)c1cccc(C2(F)CCNCC2)c1. The van der Waals surface area contributed by atoms with Gasteiger partial charge in [-0.15, -0.1) is 0 Å². The normalized spacial score (nSPS) is 20.2. The molecule has 0 saturated carbocycles. The first-order valence-electron chi connectivity index (χ1n) is 5.49. The van der Waals surface area contributed by atoms with Crippen molar-refractivity contribution >= 4 is 0 Å². The van der Waals surface area contributed by atoms with Crippen LogP contribution in [0.5, 0.6) is 0 Å². The van der Waals surface area contributed by atoms with E-state index in [0.29, 0.717) is 13.1 Å². The van der Waals surface area contributed by atoms with Crippen molar-refractivity contribution in [3.63, 3.8) is 0 Å². The Labute approximate surface area is 96.8 Å². The smallest absolute Gasteiger partial charge is 0.316 e. The average molecular weight is 247 g/mol. The van der Waals surface area contributed by atoms with Crippen LogP contribution in [-0.4, -0.2) is 13.1 Å². The standard InChI is InChI=1S/C12H13F4N/c13-11(4-6-17-7-5-11)9-2-1-3-10(8-9)12(14,15)16/h1-3,8,17H,4-7H2. The molecule has 0 aliphatic carbocycles. The molecule has 1 nitrogen and oxygen atoms in total. The maximum absolute atomic E-state index is 14.5. The van der Waals surface area contributed by atoms with E-state index in [4.69, 9.17) is 0 Å². The lowest BCUT2D eigenvalue weighted by Gasteiger charge is -2.30. The van der Waals surface area contributed by atoms with E-state index < -0.39 is 17.4 Å². The molecule has 17 heavy (non-hydrogen) atoms. The van der Waals surface area contributed by atoms with Crippen molar-refractivity contribution in [3.8, 4) is 0 Å². The maximum atomic E-state index is 14.5. The lowest BCUT2D eigenvalue weighted by Crippen LogP contribution is -2.36. The fourth-order valence-electron chi connectivity index (χ4n) is 2.09. The molecule has 94 valence electrons. The van der Waals surface area contributed by atoms with Gasteiger partial charge in [-0.05, 0) is 43.6 Å². The topological polar surface area (TPSA) is 12.0 Å². The predicted octanol–water partition coefficient (Wildman–Crippen LogP) is 3.25. The molecule has 1 heterocycles. The minimum atomic E-state index is -4.42. The number of alkyl halides is 4. The largest absolute Gasteiger partial charge is 0.416 e. The summed E-state index contributed by atoms with van der Waals surface area (Å²) in [7, 11) is 0. The molecule has 1 saturated heterocycles. The first kappa shape index (κ1) is 12.4. The van der Waals surface area contributed by atoms with Crippen LogP contribution in [0.2, 0.25) is 0 Å². The van der Waals surface area contributed by atoms with Crippen LogP contribution in [-0.2, 0) is 11.8 Å². The Hall–Kier alpha value is -1.10. The second kappa shape index (κ2) is 4.29. The van der Waals surface area contributed by atoms with Gasteiger partial charge in [0.25, 0.3) is 0 Å². The van der Waals surface area contributed by atoms with Crippen LogP contribution in [0.4, 0.5) is 17.6 Å². The molecular weight excluding hydrogens is 234 g/mol. The van der Waals surface area contributed by atoms with E-state index in [1.807, 2.05) is 0 Å². The van der Waals surface area contributed by atoms with Gasteiger partial charge in [0.05, 0.1) is 5.56 Å². The zero-order valence-electron chi connectivity index (χ0n) is 9.15. The van der Waals surface area contributed by atoms with E-state index in [2.05, 4.69) is 5.32 Å². The van der Waals surface area contributed by atoms with Crippen molar-refractivity contribution in [1.82, 2.24) is 5.32 Å². The van der Waals surface area contributed by atoms with Gasteiger partial charge in [-0.1, -0.05) is 12.1 Å². The highest BCUT2D eigenvalue weighted by Crippen LogP contribution is 2.38. The van der Waals surface area contributed by atoms with E-state index in [1.165, 1.54) is 12.1 Å². The summed E-state index contributed by atoms with van der Waals surface area (Å²) in [6.07, 6.45) is -3.98. The molecule has 5 heteroatoms. The lowest BCUT2D eigenvalue weighted by atomic mass is 9.86. The first-order chi connectivity index (χ1) is 7.92. The summed E-state index contributed by atoms with van der Waals surface area (Å²) < 4.78 is 52.0. The molecule has 2 rings (SSSR count). The number of piperidine rings is 1. The van der Waals surface area contributed by atoms with Crippen molar-refractivity contribution in [2.45, 2.75) is 24.7 Å². The van der Waals surface area contributed by atoms with Crippen LogP contribution in [0, 0.1) is 0 Å². The third-order valence-electron chi connectivity index (χ3n) is 3.10. The van der Waals surface area contributed by atoms with E-state index in [9.17, 15) is 17.6 Å². The molecule has 0 bridgehead atoms. The molecule has 1 aromatic carbocycles. The second-order valence-corrected chi connectivity index (χ2v) is 4.29. The molecule has 0 amide bonds. The number of hydrogen-bond acceptors (Lipinski definition) is 1.